The number of unbranched alkanes of at least 4 members (excludes halogenated alkanes) is 7. The molecule has 0 aliphatic rings. The summed E-state index contributed by atoms with van der Waals surface area (Å²) in [6.07, 6.45) is 10.6. The minimum Gasteiger partial charge on any atom is -0.508 e. The van der Waals surface area contributed by atoms with Crippen molar-refractivity contribution in [3.05, 3.63) is 48.0 Å². The third-order valence-corrected chi connectivity index (χ3v) is 5.56. The molecule has 0 radical (unpaired) electrons. The second-order valence-electron chi connectivity index (χ2n) is 7.08. The largest absolute Gasteiger partial charge is 0.508 e. The minimum absolute atomic E-state index is 0.0882. The molecule has 0 amide bonds. The average Bonchev–Trinajstić information content (AvgIpc) is 2.65. The van der Waals surface area contributed by atoms with Crippen LogP contribution < -0.4 is 4.74 Å². The molecule has 0 aliphatic heterocycles. The van der Waals surface area contributed by atoms with Gasteiger partial charge in [0.2, 0.25) is 0 Å². The molecule has 0 fully saturated rings. The minimum atomic E-state index is -4.39. The summed E-state index contributed by atoms with van der Waals surface area (Å²) in [6, 6.07) is 10.7. The van der Waals surface area contributed by atoms with Crippen molar-refractivity contribution in [2.24, 2.45) is 0 Å². The highest BCUT2D eigenvalue weighted by molar-refractivity contribution is 7.86. The van der Waals surface area contributed by atoms with E-state index < -0.39 is 10.1 Å². The first-order valence-corrected chi connectivity index (χ1v) is 11.4. The van der Waals surface area contributed by atoms with Crippen LogP contribution in [0.3, 0.4) is 0 Å². The summed E-state index contributed by atoms with van der Waals surface area (Å²) in [5.74, 6) is 0.558. The molecule has 2 aromatic rings. The van der Waals surface area contributed by atoms with Crippen molar-refractivity contribution in [1.82, 2.24) is 0 Å². The van der Waals surface area contributed by atoms with Crippen LogP contribution in [0.25, 0.3) is 0 Å². The van der Waals surface area contributed by atoms with Gasteiger partial charge in [-0.15, -0.1) is 0 Å². The predicted molar refractivity (Wildman–Crippen MR) is 111 cm³/mol. The molecule has 0 unspecified atom stereocenters. The van der Waals surface area contributed by atoms with E-state index in [4.69, 9.17) is 4.74 Å². The lowest BCUT2D eigenvalue weighted by Gasteiger charge is -2.12. The Morgan fingerprint density at radius 1 is 0.857 bits per heavy atom. The van der Waals surface area contributed by atoms with Gasteiger partial charge in [-0.1, -0.05) is 57.9 Å². The molecule has 2 rings (SSSR count). The number of ether oxygens (including phenoxy) is 1. The summed E-state index contributed by atoms with van der Waals surface area (Å²) in [6.45, 7) is 2.22. The molecule has 0 aliphatic carbocycles. The average molecular weight is 407 g/mol. The second-order valence-corrected chi connectivity index (χ2v) is 8.47. The molecule has 0 saturated heterocycles. The monoisotopic (exact) mass is 406 g/mol. The van der Waals surface area contributed by atoms with E-state index in [1.54, 1.807) is 12.1 Å². The van der Waals surface area contributed by atoms with Crippen molar-refractivity contribution in [2.75, 3.05) is 0 Å². The number of hydrogen-bond donors (Lipinski definition) is 2. The quantitative estimate of drug-likeness (QED) is 0.328. The first kappa shape index (κ1) is 22.2. The van der Waals surface area contributed by atoms with E-state index in [1.807, 2.05) is 0 Å². The summed E-state index contributed by atoms with van der Waals surface area (Å²) in [4.78, 5) is -0.264. The van der Waals surface area contributed by atoms with Crippen molar-refractivity contribution in [3.8, 4) is 17.2 Å². The predicted octanol–water partition coefficient (Wildman–Crippen LogP) is 6.11. The number of rotatable bonds is 12. The van der Waals surface area contributed by atoms with Gasteiger partial charge in [0.25, 0.3) is 10.1 Å². The highest BCUT2D eigenvalue weighted by atomic mass is 32.2. The Morgan fingerprint density at radius 2 is 1.46 bits per heavy atom. The van der Waals surface area contributed by atoms with E-state index in [2.05, 4.69) is 6.92 Å². The van der Waals surface area contributed by atoms with Gasteiger partial charge in [0.05, 0.1) is 0 Å². The van der Waals surface area contributed by atoms with Crippen LogP contribution in [-0.4, -0.2) is 18.1 Å². The molecule has 0 saturated carbocycles. The fourth-order valence-corrected chi connectivity index (χ4v) is 3.70. The summed E-state index contributed by atoms with van der Waals surface area (Å²) in [7, 11) is -4.39. The van der Waals surface area contributed by atoms with Crippen LogP contribution in [0.1, 0.15) is 63.9 Å². The summed E-state index contributed by atoms with van der Waals surface area (Å²) >= 11 is 0. The molecule has 0 spiro atoms. The summed E-state index contributed by atoms with van der Waals surface area (Å²) < 4.78 is 38.4. The van der Waals surface area contributed by atoms with Crippen LogP contribution in [0.2, 0.25) is 0 Å². The van der Waals surface area contributed by atoms with Gasteiger partial charge in [-0.25, -0.2) is 0 Å². The van der Waals surface area contributed by atoms with E-state index in [-0.39, 0.29) is 16.4 Å². The smallest absolute Gasteiger partial charge is 0.298 e. The highest BCUT2D eigenvalue weighted by Crippen LogP contribution is 2.31. The molecular weight excluding hydrogens is 376 g/mol. The van der Waals surface area contributed by atoms with Crippen molar-refractivity contribution in [1.29, 1.82) is 0 Å². The normalized spacial score (nSPS) is 11.5. The van der Waals surface area contributed by atoms with Gasteiger partial charge < -0.3 is 9.84 Å². The maximum Gasteiger partial charge on any atom is 0.298 e. The zero-order valence-corrected chi connectivity index (χ0v) is 17.2. The van der Waals surface area contributed by atoms with Gasteiger partial charge >= 0.3 is 0 Å². The highest BCUT2D eigenvalue weighted by Gasteiger charge is 2.18. The van der Waals surface area contributed by atoms with Crippen LogP contribution in [0, 0.1) is 0 Å². The Kier molecular flexibility index (Phi) is 8.80. The molecule has 28 heavy (non-hydrogen) atoms. The lowest BCUT2D eigenvalue weighted by molar-refractivity contribution is 0.445. The molecule has 2 aromatic carbocycles. The van der Waals surface area contributed by atoms with Crippen molar-refractivity contribution in [2.45, 2.75) is 69.6 Å². The summed E-state index contributed by atoms with van der Waals surface area (Å²) in [5.41, 5.74) is 0.965. The van der Waals surface area contributed by atoms with E-state index in [0.717, 1.165) is 24.8 Å². The van der Waals surface area contributed by atoms with Gasteiger partial charge in [-0.2, -0.15) is 8.42 Å². The van der Waals surface area contributed by atoms with E-state index in [0.29, 0.717) is 5.75 Å². The lowest BCUT2D eigenvalue weighted by Crippen LogP contribution is -2.02. The Labute approximate surface area is 168 Å². The molecule has 2 N–H and O–H groups in total. The van der Waals surface area contributed by atoms with E-state index in [9.17, 15) is 18.1 Å². The first-order chi connectivity index (χ1) is 13.4. The molecule has 0 atom stereocenters. The van der Waals surface area contributed by atoms with Crippen molar-refractivity contribution < 1.29 is 22.8 Å². The van der Waals surface area contributed by atoms with Crippen LogP contribution in [0.15, 0.2) is 47.4 Å². The topological polar surface area (TPSA) is 83.8 Å². The van der Waals surface area contributed by atoms with Gasteiger partial charge in [0.15, 0.2) is 0 Å². The number of hydrogen-bond acceptors (Lipinski definition) is 4. The Morgan fingerprint density at radius 3 is 2.07 bits per heavy atom. The third kappa shape index (κ3) is 7.52. The van der Waals surface area contributed by atoms with Crippen LogP contribution in [0.4, 0.5) is 0 Å². The van der Waals surface area contributed by atoms with Gasteiger partial charge in [0, 0.05) is 0 Å². The van der Waals surface area contributed by atoms with Crippen molar-refractivity contribution >= 4 is 10.1 Å². The lowest BCUT2D eigenvalue weighted by atomic mass is 10.0. The van der Waals surface area contributed by atoms with Gasteiger partial charge in [-0.05, 0) is 54.8 Å². The Hall–Kier alpha value is -2.05. The maximum absolute atomic E-state index is 11.7. The maximum atomic E-state index is 11.7. The molecule has 154 valence electrons. The molecule has 5 nitrogen and oxygen atoms in total. The molecular formula is C22H30O5S. The molecule has 0 heterocycles. The van der Waals surface area contributed by atoms with Crippen molar-refractivity contribution in [3.63, 3.8) is 0 Å². The Bertz CT molecular complexity index is 829. The number of aryl methyl sites for hydroxylation is 1. The zero-order chi connectivity index (χ0) is 20.4. The molecule has 0 aromatic heterocycles. The fourth-order valence-electron chi connectivity index (χ4n) is 3.11. The summed E-state index contributed by atoms with van der Waals surface area (Å²) in [5, 5.41) is 9.36. The number of phenolic OH excluding ortho intramolecular Hbond substituents is 1. The van der Waals surface area contributed by atoms with Crippen LogP contribution in [0.5, 0.6) is 17.2 Å². The van der Waals surface area contributed by atoms with Crippen LogP contribution in [-0.2, 0) is 16.5 Å². The fraction of sp³-hybridized carbons (Fsp3) is 0.455. The standard InChI is InChI=1S/C22H30O5S/c1-2-3-4-5-6-7-8-9-10-18-11-16-22(28(24,25)26)21(17-18)27-20-14-12-19(23)13-15-20/h11-17,23H,2-10H2,1H3,(H,24,25,26). The number of phenols is 1. The molecule has 6 heteroatoms. The third-order valence-electron chi connectivity index (χ3n) is 4.67. The number of aromatic hydroxyl groups is 1. The zero-order valence-electron chi connectivity index (χ0n) is 16.4. The Balaban J connectivity index is 1.97. The number of benzene rings is 2. The van der Waals surface area contributed by atoms with Gasteiger partial charge in [-0.3, -0.25) is 4.55 Å². The second kappa shape index (κ2) is 11.1. The first-order valence-electron chi connectivity index (χ1n) is 9.97. The van der Waals surface area contributed by atoms with Gasteiger partial charge in [0.1, 0.15) is 22.1 Å². The van der Waals surface area contributed by atoms with E-state index >= 15 is 0 Å². The van der Waals surface area contributed by atoms with E-state index in [1.165, 1.54) is 68.9 Å². The SMILES string of the molecule is CCCCCCCCCCc1ccc(S(=O)(=O)O)c(Oc2ccc(O)cc2)c1. The molecule has 0 bridgehead atoms. The van der Waals surface area contributed by atoms with Crippen LogP contribution >= 0.6 is 0 Å².